The normalized spacial score (nSPS) is 16.0. The number of hydrogen-bond acceptors (Lipinski definition) is 3. The summed E-state index contributed by atoms with van der Waals surface area (Å²) in [5.74, 6) is 0.748. The van der Waals surface area contributed by atoms with Crippen molar-refractivity contribution in [3.05, 3.63) is 35.4 Å². The summed E-state index contributed by atoms with van der Waals surface area (Å²) in [4.78, 5) is 4.67. The Bertz CT molecular complexity index is 664. The summed E-state index contributed by atoms with van der Waals surface area (Å²) in [5.41, 5.74) is 2.80. The molecule has 0 amide bonds. The number of nitrogens with one attached hydrogen (secondary N) is 1. The van der Waals surface area contributed by atoms with Gasteiger partial charge < -0.3 is 5.32 Å². The Balaban J connectivity index is 1.97. The predicted octanol–water partition coefficient (Wildman–Crippen LogP) is 4.16. The Hall–Kier alpha value is -2.08. The highest BCUT2D eigenvalue weighted by Crippen LogP contribution is 2.25. The van der Waals surface area contributed by atoms with Crippen LogP contribution in [-0.2, 0) is 0 Å². The van der Waals surface area contributed by atoms with Crippen LogP contribution in [0.2, 0.25) is 0 Å². The van der Waals surface area contributed by atoms with Crippen LogP contribution in [0.15, 0.2) is 24.3 Å². The molecule has 3 rings (SSSR count). The number of anilines is 1. The van der Waals surface area contributed by atoms with Crippen LogP contribution in [-0.4, -0.2) is 11.0 Å². The quantitative estimate of drug-likeness (QED) is 0.887. The lowest BCUT2D eigenvalue weighted by molar-refractivity contribution is 0.462. The van der Waals surface area contributed by atoms with Crippen LogP contribution < -0.4 is 5.32 Å². The van der Waals surface area contributed by atoms with Gasteiger partial charge in [-0.1, -0.05) is 31.4 Å². The molecule has 1 aliphatic rings. The maximum atomic E-state index is 9.33. The number of aromatic nitrogens is 1. The van der Waals surface area contributed by atoms with E-state index in [9.17, 15) is 5.26 Å². The van der Waals surface area contributed by atoms with Gasteiger partial charge in [0.25, 0.3) is 0 Å². The van der Waals surface area contributed by atoms with Crippen molar-refractivity contribution in [2.75, 3.05) is 5.32 Å². The van der Waals surface area contributed by atoms with Crippen molar-refractivity contribution in [3.8, 4) is 6.07 Å². The van der Waals surface area contributed by atoms with Gasteiger partial charge in [0.2, 0.25) is 0 Å². The molecule has 2 aromatic rings. The highest BCUT2D eigenvalue weighted by Gasteiger charge is 2.16. The fraction of sp³-hybridized carbons (Fsp3) is 0.412. The molecule has 0 spiro atoms. The molecule has 3 heteroatoms. The first-order valence-electron chi connectivity index (χ1n) is 7.34. The van der Waals surface area contributed by atoms with Crippen molar-refractivity contribution < 1.29 is 0 Å². The molecule has 0 saturated heterocycles. The first kappa shape index (κ1) is 12.9. The van der Waals surface area contributed by atoms with E-state index in [1.165, 1.54) is 37.7 Å². The topological polar surface area (TPSA) is 48.7 Å². The zero-order valence-electron chi connectivity index (χ0n) is 11.8. The molecule has 0 unspecified atom stereocenters. The number of rotatable bonds is 2. The van der Waals surface area contributed by atoms with Crippen LogP contribution in [0.4, 0.5) is 5.82 Å². The molecular weight excluding hydrogens is 246 g/mol. The van der Waals surface area contributed by atoms with Gasteiger partial charge in [0, 0.05) is 11.4 Å². The van der Waals surface area contributed by atoms with Crippen LogP contribution in [0, 0.1) is 18.3 Å². The second-order valence-electron chi connectivity index (χ2n) is 5.67. The van der Waals surface area contributed by atoms with Gasteiger partial charge in [0.1, 0.15) is 11.9 Å². The Morgan fingerprint density at radius 1 is 1.20 bits per heavy atom. The second kappa shape index (κ2) is 5.50. The number of benzene rings is 1. The van der Waals surface area contributed by atoms with E-state index < -0.39 is 0 Å². The summed E-state index contributed by atoms with van der Waals surface area (Å²) in [6.45, 7) is 2.06. The van der Waals surface area contributed by atoms with E-state index in [2.05, 4.69) is 35.4 Å². The van der Waals surface area contributed by atoms with Gasteiger partial charge in [-0.25, -0.2) is 4.98 Å². The van der Waals surface area contributed by atoms with Crippen LogP contribution in [0.5, 0.6) is 0 Å². The van der Waals surface area contributed by atoms with E-state index >= 15 is 0 Å². The smallest absolute Gasteiger partial charge is 0.144 e. The number of pyridine rings is 1. The zero-order chi connectivity index (χ0) is 13.9. The minimum absolute atomic E-state index is 0.464. The zero-order valence-corrected chi connectivity index (χ0v) is 11.8. The minimum atomic E-state index is 0.464. The average Bonchev–Trinajstić information content (AvgIpc) is 2.47. The van der Waals surface area contributed by atoms with Crippen molar-refractivity contribution in [3.63, 3.8) is 0 Å². The molecule has 3 nitrogen and oxygen atoms in total. The van der Waals surface area contributed by atoms with Gasteiger partial charge >= 0.3 is 0 Å². The molecule has 1 saturated carbocycles. The van der Waals surface area contributed by atoms with Gasteiger partial charge in [-0.05, 0) is 37.5 Å². The highest BCUT2D eigenvalue weighted by atomic mass is 15.0. The van der Waals surface area contributed by atoms with Crippen LogP contribution in [0.1, 0.15) is 43.2 Å². The summed E-state index contributed by atoms with van der Waals surface area (Å²) >= 11 is 0. The van der Waals surface area contributed by atoms with Gasteiger partial charge in [-0.3, -0.25) is 0 Å². The highest BCUT2D eigenvalue weighted by molar-refractivity contribution is 5.83. The molecule has 102 valence electrons. The van der Waals surface area contributed by atoms with Crippen molar-refractivity contribution in [1.82, 2.24) is 4.98 Å². The third-order valence-electron chi connectivity index (χ3n) is 4.04. The van der Waals surface area contributed by atoms with E-state index in [-0.39, 0.29) is 0 Å². The molecule has 1 aliphatic carbocycles. The van der Waals surface area contributed by atoms with E-state index in [1.807, 2.05) is 12.1 Å². The molecule has 1 aromatic heterocycles. The SMILES string of the molecule is Cc1ccc2cc(C#N)c(NC3CCCCC3)nc2c1. The summed E-state index contributed by atoms with van der Waals surface area (Å²) in [7, 11) is 0. The molecule has 0 radical (unpaired) electrons. The number of hydrogen-bond donors (Lipinski definition) is 1. The largest absolute Gasteiger partial charge is 0.366 e. The number of fused-ring (bicyclic) bond motifs is 1. The van der Waals surface area contributed by atoms with E-state index in [0.29, 0.717) is 11.6 Å². The van der Waals surface area contributed by atoms with Crippen molar-refractivity contribution in [2.45, 2.75) is 45.1 Å². The maximum absolute atomic E-state index is 9.33. The molecule has 1 fully saturated rings. The molecule has 0 aliphatic heterocycles. The predicted molar refractivity (Wildman–Crippen MR) is 81.7 cm³/mol. The van der Waals surface area contributed by atoms with Crippen molar-refractivity contribution >= 4 is 16.7 Å². The molecule has 0 bridgehead atoms. The Kier molecular flexibility index (Phi) is 3.56. The summed E-state index contributed by atoms with van der Waals surface area (Å²) in [6.07, 6.45) is 6.23. The lowest BCUT2D eigenvalue weighted by atomic mass is 9.95. The lowest BCUT2D eigenvalue weighted by Crippen LogP contribution is -2.23. The van der Waals surface area contributed by atoms with Gasteiger partial charge in [0.05, 0.1) is 11.1 Å². The summed E-state index contributed by atoms with van der Waals surface area (Å²) < 4.78 is 0. The average molecular weight is 265 g/mol. The van der Waals surface area contributed by atoms with Crippen LogP contribution in [0.25, 0.3) is 10.9 Å². The van der Waals surface area contributed by atoms with Crippen molar-refractivity contribution in [2.24, 2.45) is 0 Å². The van der Waals surface area contributed by atoms with Gasteiger partial charge in [-0.15, -0.1) is 0 Å². The van der Waals surface area contributed by atoms with Gasteiger partial charge in [-0.2, -0.15) is 5.26 Å². The Morgan fingerprint density at radius 3 is 2.75 bits per heavy atom. The van der Waals surface area contributed by atoms with Crippen molar-refractivity contribution in [1.29, 1.82) is 5.26 Å². The molecular formula is C17H19N3. The Morgan fingerprint density at radius 2 is 2.00 bits per heavy atom. The van der Waals surface area contributed by atoms with Gasteiger partial charge in [0.15, 0.2) is 0 Å². The minimum Gasteiger partial charge on any atom is -0.366 e. The first-order valence-corrected chi connectivity index (χ1v) is 7.34. The number of nitrogens with zero attached hydrogens (tertiary/aromatic N) is 2. The standard InChI is InChI=1S/C17H19N3/c1-12-7-8-13-10-14(11-18)17(20-16(13)9-12)19-15-5-3-2-4-6-15/h7-10,15H,2-6H2,1H3,(H,19,20). The number of nitriles is 1. The Labute approximate surface area is 119 Å². The van der Waals surface area contributed by atoms with Crippen LogP contribution in [0.3, 0.4) is 0 Å². The fourth-order valence-electron chi connectivity index (χ4n) is 2.91. The molecule has 20 heavy (non-hydrogen) atoms. The molecule has 0 atom stereocenters. The molecule has 1 aromatic carbocycles. The van der Waals surface area contributed by atoms with E-state index in [1.54, 1.807) is 0 Å². The third kappa shape index (κ3) is 2.60. The molecule has 1 N–H and O–H groups in total. The van der Waals surface area contributed by atoms with E-state index in [0.717, 1.165) is 16.7 Å². The molecule has 1 heterocycles. The lowest BCUT2D eigenvalue weighted by Gasteiger charge is -2.23. The summed E-state index contributed by atoms with van der Waals surface area (Å²) in [6, 6.07) is 10.8. The second-order valence-corrected chi connectivity index (χ2v) is 5.67. The maximum Gasteiger partial charge on any atom is 0.144 e. The fourth-order valence-corrected chi connectivity index (χ4v) is 2.91. The first-order chi connectivity index (χ1) is 9.76. The summed E-state index contributed by atoms with van der Waals surface area (Å²) in [5, 5.41) is 13.8. The monoisotopic (exact) mass is 265 g/mol. The van der Waals surface area contributed by atoms with Crippen LogP contribution >= 0.6 is 0 Å². The number of aryl methyl sites for hydroxylation is 1. The third-order valence-corrected chi connectivity index (χ3v) is 4.04. The van der Waals surface area contributed by atoms with E-state index in [4.69, 9.17) is 0 Å².